The molecule has 2 rings (SSSR count). The van der Waals surface area contributed by atoms with Gasteiger partial charge in [0.05, 0.1) is 6.54 Å². The zero-order chi connectivity index (χ0) is 13.7. The van der Waals surface area contributed by atoms with E-state index >= 15 is 0 Å². The topological polar surface area (TPSA) is 49.8 Å². The van der Waals surface area contributed by atoms with E-state index in [0.29, 0.717) is 19.4 Å². The Balaban J connectivity index is 1.88. The molecule has 4 nitrogen and oxygen atoms in total. The summed E-state index contributed by atoms with van der Waals surface area (Å²) in [6, 6.07) is 9.47. The molecule has 1 N–H and O–H groups in total. The van der Waals surface area contributed by atoms with Crippen LogP contribution in [0.15, 0.2) is 30.3 Å². The Morgan fingerprint density at radius 1 is 1.47 bits per heavy atom. The van der Waals surface area contributed by atoms with Gasteiger partial charge in [0.2, 0.25) is 0 Å². The molecule has 1 fully saturated rings. The second kappa shape index (κ2) is 5.77. The third-order valence-corrected chi connectivity index (χ3v) is 3.20. The molecule has 1 aliphatic heterocycles. The number of likely N-dealkylation sites (tertiary alicyclic amines) is 1. The maximum Gasteiger partial charge on any atom is 0.410 e. The summed E-state index contributed by atoms with van der Waals surface area (Å²) in [5.74, 6) is 2.35. The van der Waals surface area contributed by atoms with Crippen molar-refractivity contribution in [3.63, 3.8) is 0 Å². The van der Waals surface area contributed by atoms with Crippen molar-refractivity contribution in [2.75, 3.05) is 13.1 Å². The van der Waals surface area contributed by atoms with E-state index in [1.165, 1.54) is 4.90 Å². The highest BCUT2D eigenvalue weighted by Gasteiger charge is 2.34. The Morgan fingerprint density at radius 3 is 2.89 bits per heavy atom. The lowest BCUT2D eigenvalue weighted by Gasteiger charge is -2.35. The average molecular weight is 259 g/mol. The lowest BCUT2D eigenvalue weighted by atomic mass is 9.94. The fraction of sp³-hybridized carbons (Fsp3) is 0.400. The highest BCUT2D eigenvalue weighted by molar-refractivity contribution is 5.68. The van der Waals surface area contributed by atoms with Gasteiger partial charge in [0, 0.05) is 6.54 Å². The number of amides is 1. The van der Waals surface area contributed by atoms with Crippen LogP contribution in [0.2, 0.25) is 0 Å². The molecule has 1 unspecified atom stereocenters. The number of carbonyl (C=O) groups excluding carboxylic acids is 1. The summed E-state index contributed by atoms with van der Waals surface area (Å²) in [4.78, 5) is 13.4. The van der Waals surface area contributed by atoms with Crippen molar-refractivity contribution in [1.82, 2.24) is 4.90 Å². The third kappa shape index (κ3) is 3.49. The average Bonchev–Trinajstić information content (AvgIpc) is 2.46. The van der Waals surface area contributed by atoms with E-state index in [2.05, 4.69) is 5.92 Å². The number of ether oxygens (including phenoxy) is 1. The molecule has 100 valence electrons. The Bertz CT molecular complexity index is 480. The lowest BCUT2D eigenvalue weighted by Crippen LogP contribution is -2.49. The number of hydrogen-bond acceptors (Lipinski definition) is 3. The number of piperidine rings is 1. The van der Waals surface area contributed by atoms with E-state index in [-0.39, 0.29) is 13.2 Å². The number of carbonyl (C=O) groups is 1. The summed E-state index contributed by atoms with van der Waals surface area (Å²) in [5, 5.41) is 10.00. The zero-order valence-electron chi connectivity index (χ0n) is 10.7. The molecule has 19 heavy (non-hydrogen) atoms. The first-order chi connectivity index (χ1) is 9.13. The van der Waals surface area contributed by atoms with Crippen molar-refractivity contribution in [1.29, 1.82) is 0 Å². The molecule has 0 radical (unpaired) electrons. The smallest absolute Gasteiger partial charge is 0.410 e. The molecule has 1 atom stereocenters. The van der Waals surface area contributed by atoms with Crippen LogP contribution in [0.25, 0.3) is 0 Å². The van der Waals surface area contributed by atoms with Gasteiger partial charge in [0.1, 0.15) is 12.2 Å². The van der Waals surface area contributed by atoms with Gasteiger partial charge in [0.15, 0.2) is 0 Å². The maximum absolute atomic E-state index is 11.9. The zero-order valence-corrected chi connectivity index (χ0v) is 10.7. The van der Waals surface area contributed by atoms with Gasteiger partial charge in [-0.25, -0.2) is 4.79 Å². The number of nitrogens with zero attached hydrogens (tertiary/aromatic N) is 1. The molecule has 1 saturated heterocycles. The van der Waals surface area contributed by atoms with Crippen LogP contribution in [0, 0.1) is 12.3 Å². The summed E-state index contributed by atoms with van der Waals surface area (Å²) in [5.41, 5.74) is -0.288. The molecule has 1 aliphatic rings. The summed E-state index contributed by atoms with van der Waals surface area (Å²) in [6.07, 6.45) is 6.05. The van der Waals surface area contributed by atoms with E-state index in [4.69, 9.17) is 11.2 Å². The standard InChI is InChI=1S/C15H17NO3/c1-2-15(18)9-6-10-16(12-15)14(17)19-11-13-7-4-3-5-8-13/h1,3-5,7-8,18H,6,9-12H2. The Labute approximate surface area is 113 Å². The molecule has 1 aromatic carbocycles. The Hall–Kier alpha value is -1.99. The van der Waals surface area contributed by atoms with Crippen LogP contribution in [-0.4, -0.2) is 34.8 Å². The van der Waals surface area contributed by atoms with Gasteiger partial charge >= 0.3 is 6.09 Å². The molecular weight excluding hydrogens is 242 g/mol. The van der Waals surface area contributed by atoms with Crippen LogP contribution in [-0.2, 0) is 11.3 Å². The molecule has 0 aliphatic carbocycles. The van der Waals surface area contributed by atoms with Crippen LogP contribution in [0.1, 0.15) is 18.4 Å². The van der Waals surface area contributed by atoms with Crippen molar-refractivity contribution in [3.8, 4) is 12.3 Å². The van der Waals surface area contributed by atoms with Crippen LogP contribution >= 0.6 is 0 Å². The number of aliphatic hydroxyl groups is 1. The van der Waals surface area contributed by atoms with E-state index in [1.807, 2.05) is 30.3 Å². The molecule has 0 spiro atoms. The highest BCUT2D eigenvalue weighted by Crippen LogP contribution is 2.21. The molecule has 0 aromatic heterocycles. The summed E-state index contributed by atoms with van der Waals surface area (Å²) in [6.45, 7) is 0.930. The molecular formula is C15H17NO3. The van der Waals surface area contributed by atoms with Crippen LogP contribution < -0.4 is 0 Å². The second-order valence-electron chi connectivity index (χ2n) is 4.74. The Morgan fingerprint density at radius 2 is 2.21 bits per heavy atom. The van der Waals surface area contributed by atoms with Gasteiger partial charge < -0.3 is 14.7 Å². The van der Waals surface area contributed by atoms with E-state index in [9.17, 15) is 9.90 Å². The molecule has 1 amide bonds. The molecule has 0 saturated carbocycles. The lowest BCUT2D eigenvalue weighted by molar-refractivity contribution is 0.00923. The maximum atomic E-state index is 11.9. The van der Waals surface area contributed by atoms with Gasteiger partial charge in [-0.3, -0.25) is 0 Å². The van der Waals surface area contributed by atoms with E-state index in [1.54, 1.807) is 0 Å². The normalized spacial score (nSPS) is 22.6. The van der Waals surface area contributed by atoms with Crippen molar-refractivity contribution in [2.45, 2.75) is 25.0 Å². The van der Waals surface area contributed by atoms with Gasteiger partial charge in [-0.05, 0) is 18.4 Å². The second-order valence-corrected chi connectivity index (χ2v) is 4.74. The molecule has 4 heteroatoms. The first kappa shape index (κ1) is 13.4. The van der Waals surface area contributed by atoms with Crippen molar-refractivity contribution >= 4 is 6.09 Å². The first-order valence-corrected chi connectivity index (χ1v) is 6.29. The largest absolute Gasteiger partial charge is 0.445 e. The number of β-amino-alcohol motifs (C(OH)–C–C–N with tert-alkyl or cyclic N) is 1. The number of rotatable bonds is 2. The van der Waals surface area contributed by atoms with Crippen LogP contribution in [0.3, 0.4) is 0 Å². The molecule has 0 bridgehead atoms. The minimum Gasteiger partial charge on any atom is -0.445 e. The minimum atomic E-state index is -1.22. The van der Waals surface area contributed by atoms with Crippen molar-refractivity contribution in [2.24, 2.45) is 0 Å². The fourth-order valence-corrected chi connectivity index (χ4v) is 2.12. The third-order valence-electron chi connectivity index (χ3n) is 3.20. The van der Waals surface area contributed by atoms with Gasteiger partial charge in [0.25, 0.3) is 0 Å². The highest BCUT2D eigenvalue weighted by atomic mass is 16.6. The first-order valence-electron chi connectivity index (χ1n) is 6.29. The summed E-state index contributed by atoms with van der Waals surface area (Å²) >= 11 is 0. The molecule has 1 heterocycles. The number of terminal acetylenes is 1. The van der Waals surface area contributed by atoms with Crippen molar-refractivity contribution in [3.05, 3.63) is 35.9 Å². The van der Waals surface area contributed by atoms with Gasteiger partial charge in [-0.15, -0.1) is 6.42 Å². The van der Waals surface area contributed by atoms with Gasteiger partial charge in [-0.2, -0.15) is 0 Å². The Kier molecular flexibility index (Phi) is 4.08. The predicted octanol–water partition coefficient (Wildman–Crippen LogP) is 1.78. The van der Waals surface area contributed by atoms with Crippen LogP contribution in [0.4, 0.5) is 4.79 Å². The predicted molar refractivity (Wildman–Crippen MR) is 71.2 cm³/mol. The van der Waals surface area contributed by atoms with E-state index in [0.717, 1.165) is 5.56 Å². The minimum absolute atomic E-state index is 0.136. The van der Waals surface area contributed by atoms with Crippen molar-refractivity contribution < 1.29 is 14.6 Å². The summed E-state index contributed by atoms with van der Waals surface area (Å²) in [7, 11) is 0. The fourth-order valence-electron chi connectivity index (χ4n) is 2.12. The SMILES string of the molecule is C#CC1(O)CCCN(C(=O)OCc2ccccc2)C1. The van der Waals surface area contributed by atoms with E-state index < -0.39 is 11.7 Å². The number of benzene rings is 1. The quantitative estimate of drug-likeness (QED) is 0.824. The van der Waals surface area contributed by atoms with Crippen LogP contribution in [0.5, 0.6) is 0 Å². The number of hydrogen-bond donors (Lipinski definition) is 1. The van der Waals surface area contributed by atoms with Gasteiger partial charge in [-0.1, -0.05) is 36.3 Å². The summed E-state index contributed by atoms with van der Waals surface area (Å²) < 4.78 is 5.21. The monoisotopic (exact) mass is 259 g/mol. The molecule has 1 aromatic rings.